The van der Waals surface area contributed by atoms with Crippen LogP contribution in [-0.2, 0) is 4.74 Å². The molecule has 1 aliphatic rings. The van der Waals surface area contributed by atoms with Crippen LogP contribution < -0.4 is 0 Å². The van der Waals surface area contributed by atoms with E-state index in [1.54, 1.807) is 0 Å². The highest BCUT2D eigenvalue weighted by Gasteiger charge is 2.65. The van der Waals surface area contributed by atoms with E-state index >= 15 is 0 Å². The molecule has 0 spiro atoms. The summed E-state index contributed by atoms with van der Waals surface area (Å²) < 4.78 is 37.3. The molecule has 1 nitrogen and oxygen atoms in total. The summed E-state index contributed by atoms with van der Waals surface area (Å²) in [6.07, 6.45) is -7.71. The van der Waals surface area contributed by atoms with E-state index in [1.165, 1.54) is 0 Å². The molecule has 0 saturated carbocycles. The lowest BCUT2D eigenvalue weighted by atomic mass is 10.3. The summed E-state index contributed by atoms with van der Waals surface area (Å²) in [4.78, 5) is 0. The van der Waals surface area contributed by atoms with Crippen molar-refractivity contribution >= 4 is 34.8 Å². The van der Waals surface area contributed by atoms with Crippen molar-refractivity contribution in [2.45, 2.75) is 22.2 Å². The molecule has 0 aromatic heterocycles. The van der Waals surface area contributed by atoms with Crippen LogP contribution >= 0.6 is 34.8 Å². The number of hydrogen-bond donors (Lipinski definition) is 0. The zero-order chi connectivity index (χ0) is 8.86. The molecule has 1 rings (SSSR count). The first-order valence-corrected chi connectivity index (χ1v) is 3.65. The summed E-state index contributed by atoms with van der Waals surface area (Å²) in [5.41, 5.74) is 0. The molecule has 1 aliphatic heterocycles. The van der Waals surface area contributed by atoms with Gasteiger partial charge in [-0.1, -0.05) is 34.8 Å². The third-order valence-corrected chi connectivity index (χ3v) is 1.78. The minimum Gasteiger partial charge on any atom is -0.355 e. The van der Waals surface area contributed by atoms with Gasteiger partial charge in [-0.15, -0.1) is 0 Å². The Bertz CT molecular complexity index is 145. The van der Waals surface area contributed by atoms with Crippen molar-refractivity contribution < 1.29 is 17.9 Å². The average Bonchev–Trinajstić information content (AvgIpc) is 2.30. The Morgan fingerprint density at radius 2 is 1.45 bits per heavy atom. The SMILES string of the molecule is FC(F)(F)C1OC1C(Cl)(Cl)Cl. The number of alkyl halides is 6. The van der Waals surface area contributed by atoms with Crippen molar-refractivity contribution in [1.82, 2.24) is 0 Å². The van der Waals surface area contributed by atoms with Crippen molar-refractivity contribution in [3.63, 3.8) is 0 Å². The van der Waals surface area contributed by atoms with Crippen molar-refractivity contribution in [3.05, 3.63) is 0 Å². The predicted molar refractivity (Wildman–Crippen MR) is 35.0 cm³/mol. The zero-order valence-corrected chi connectivity index (χ0v) is 7.10. The van der Waals surface area contributed by atoms with Gasteiger partial charge in [0.05, 0.1) is 0 Å². The molecule has 1 heterocycles. The maximum Gasteiger partial charge on any atom is 0.417 e. The second kappa shape index (κ2) is 2.55. The molecule has 0 N–H and O–H groups in total. The summed E-state index contributed by atoms with van der Waals surface area (Å²) in [7, 11) is 0. The van der Waals surface area contributed by atoms with Crippen LogP contribution in [0.4, 0.5) is 13.2 Å². The van der Waals surface area contributed by atoms with E-state index in [2.05, 4.69) is 4.74 Å². The van der Waals surface area contributed by atoms with E-state index in [-0.39, 0.29) is 0 Å². The van der Waals surface area contributed by atoms with Gasteiger partial charge >= 0.3 is 6.18 Å². The first kappa shape index (κ1) is 9.71. The molecule has 0 aromatic rings. The number of hydrogen-bond acceptors (Lipinski definition) is 1. The number of epoxide rings is 1. The molecule has 2 unspecified atom stereocenters. The molecule has 0 bridgehead atoms. The fourth-order valence-corrected chi connectivity index (χ4v) is 1.11. The van der Waals surface area contributed by atoms with Gasteiger partial charge < -0.3 is 4.74 Å². The van der Waals surface area contributed by atoms with Crippen LogP contribution in [0.3, 0.4) is 0 Å². The topological polar surface area (TPSA) is 12.5 Å². The highest BCUT2D eigenvalue weighted by Crippen LogP contribution is 2.49. The third kappa shape index (κ3) is 2.28. The average molecular weight is 229 g/mol. The highest BCUT2D eigenvalue weighted by atomic mass is 35.6. The summed E-state index contributed by atoms with van der Waals surface area (Å²) in [5.74, 6) is 0. The molecule has 1 fully saturated rings. The van der Waals surface area contributed by atoms with Gasteiger partial charge in [0.2, 0.25) is 3.79 Å². The molecule has 0 aromatic carbocycles. The largest absolute Gasteiger partial charge is 0.417 e. The first-order chi connectivity index (χ1) is 4.73. The summed E-state index contributed by atoms with van der Waals surface area (Å²) in [6.45, 7) is 0. The van der Waals surface area contributed by atoms with Crippen LogP contribution in [0.1, 0.15) is 0 Å². The summed E-state index contributed by atoms with van der Waals surface area (Å²) in [6, 6.07) is 0. The van der Waals surface area contributed by atoms with Crippen LogP contribution in [0, 0.1) is 0 Å². The van der Waals surface area contributed by atoms with Crippen molar-refractivity contribution in [3.8, 4) is 0 Å². The molecule has 0 amide bonds. The second-order valence-corrected chi connectivity index (χ2v) is 4.43. The smallest absolute Gasteiger partial charge is 0.355 e. The quantitative estimate of drug-likeness (QED) is 0.459. The Labute approximate surface area is 75.3 Å². The van der Waals surface area contributed by atoms with Gasteiger partial charge in [-0.05, 0) is 0 Å². The van der Waals surface area contributed by atoms with Gasteiger partial charge in [0.25, 0.3) is 0 Å². The van der Waals surface area contributed by atoms with Gasteiger partial charge in [-0.25, -0.2) is 0 Å². The number of halogens is 6. The van der Waals surface area contributed by atoms with Gasteiger partial charge in [0, 0.05) is 0 Å². The Kier molecular flexibility index (Phi) is 2.25. The van der Waals surface area contributed by atoms with E-state index in [1.807, 2.05) is 0 Å². The molecular formula is C4H2Cl3F3O. The zero-order valence-electron chi connectivity index (χ0n) is 4.83. The predicted octanol–water partition coefficient (Wildman–Crippen LogP) is 2.69. The Balaban J connectivity index is 2.51. The molecule has 11 heavy (non-hydrogen) atoms. The standard InChI is InChI=1S/C4H2Cl3F3O/c5-3(6,7)1-2(11-1)4(8,9)10/h1-2H. The van der Waals surface area contributed by atoms with Crippen LogP contribution in [0.25, 0.3) is 0 Å². The molecule has 1 saturated heterocycles. The molecule has 0 aliphatic carbocycles. The summed E-state index contributed by atoms with van der Waals surface area (Å²) in [5, 5.41) is 0. The van der Waals surface area contributed by atoms with Gasteiger partial charge in [-0.2, -0.15) is 13.2 Å². The minimum atomic E-state index is -4.44. The Morgan fingerprint density at radius 1 is 1.00 bits per heavy atom. The third-order valence-electron chi connectivity index (χ3n) is 1.14. The maximum absolute atomic E-state index is 11.7. The van der Waals surface area contributed by atoms with E-state index in [0.29, 0.717) is 0 Å². The van der Waals surface area contributed by atoms with Gasteiger partial charge in [0.1, 0.15) is 6.10 Å². The second-order valence-electron chi connectivity index (χ2n) is 2.06. The number of ether oxygens (including phenoxy) is 1. The van der Waals surface area contributed by atoms with E-state index in [9.17, 15) is 13.2 Å². The Hall–Kier alpha value is 0.620. The fraction of sp³-hybridized carbons (Fsp3) is 1.00. The van der Waals surface area contributed by atoms with E-state index in [4.69, 9.17) is 34.8 Å². The maximum atomic E-state index is 11.7. The number of rotatable bonds is 0. The minimum absolute atomic E-state index is 1.35. The monoisotopic (exact) mass is 228 g/mol. The van der Waals surface area contributed by atoms with E-state index in [0.717, 1.165) is 0 Å². The van der Waals surface area contributed by atoms with Crippen LogP contribution in [-0.4, -0.2) is 22.2 Å². The van der Waals surface area contributed by atoms with Gasteiger partial charge in [-0.3, -0.25) is 0 Å². The molecule has 66 valence electrons. The van der Waals surface area contributed by atoms with Crippen LogP contribution in [0.15, 0.2) is 0 Å². The van der Waals surface area contributed by atoms with Crippen molar-refractivity contribution in [2.24, 2.45) is 0 Å². The molecular weight excluding hydrogens is 227 g/mol. The molecule has 0 radical (unpaired) electrons. The first-order valence-electron chi connectivity index (χ1n) is 2.52. The lowest BCUT2D eigenvalue weighted by Gasteiger charge is -2.06. The Morgan fingerprint density at radius 3 is 1.55 bits per heavy atom. The van der Waals surface area contributed by atoms with Gasteiger partial charge in [0.15, 0.2) is 6.10 Å². The normalized spacial score (nSPS) is 32.2. The summed E-state index contributed by atoms with van der Waals surface area (Å²) >= 11 is 15.4. The fourth-order valence-electron chi connectivity index (χ4n) is 0.610. The molecule has 2 atom stereocenters. The van der Waals surface area contributed by atoms with Crippen LogP contribution in [0.2, 0.25) is 0 Å². The van der Waals surface area contributed by atoms with Crippen molar-refractivity contribution in [2.75, 3.05) is 0 Å². The van der Waals surface area contributed by atoms with E-state index < -0.39 is 22.2 Å². The lowest BCUT2D eigenvalue weighted by Crippen LogP contribution is -2.24. The lowest BCUT2D eigenvalue weighted by molar-refractivity contribution is -0.146. The van der Waals surface area contributed by atoms with Crippen molar-refractivity contribution in [1.29, 1.82) is 0 Å². The molecule has 7 heteroatoms. The highest BCUT2D eigenvalue weighted by molar-refractivity contribution is 6.68. The van der Waals surface area contributed by atoms with Crippen LogP contribution in [0.5, 0.6) is 0 Å².